The Bertz CT molecular complexity index is 938. The number of carbonyl (C=O) groups is 1. The van der Waals surface area contributed by atoms with E-state index in [1.165, 1.54) is 5.56 Å². The van der Waals surface area contributed by atoms with Crippen molar-refractivity contribution in [3.05, 3.63) is 82.8 Å². The molecule has 0 radical (unpaired) electrons. The van der Waals surface area contributed by atoms with Crippen molar-refractivity contribution >= 4 is 17.4 Å². The van der Waals surface area contributed by atoms with Gasteiger partial charge in [0.25, 0.3) is 5.91 Å². The molecule has 138 valence electrons. The predicted octanol–water partition coefficient (Wildman–Crippen LogP) is 4.12. The first-order valence-electron chi connectivity index (χ1n) is 9.03. The Balaban J connectivity index is 1.69. The van der Waals surface area contributed by atoms with Crippen molar-refractivity contribution in [1.29, 1.82) is 0 Å². The molecule has 2 N–H and O–H groups in total. The Morgan fingerprint density at radius 1 is 0.963 bits per heavy atom. The fraction of sp³-hybridized carbons (Fsp3) is 0.227. The smallest absolute Gasteiger partial charge is 0.270 e. The van der Waals surface area contributed by atoms with Crippen molar-refractivity contribution < 1.29 is 4.79 Å². The van der Waals surface area contributed by atoms with E-state index in [9.17, 15) is 4.79 Å². The monoisotopic (exact) mass is 360 g/mol. The summed E-state index contributed by atoms with van der Waals surface area (Å²) in [5.41, 5.74) is 4.80. The molecular formula is C22H24N4O. The minimum atomic E-state index is -0.194. The van der Waals surface area contributed by atoms with Gasteiger partial charge < -0.3 is 10.6 Å². The first-order valence-corrected chi connectivity index (χ1v) is 9.03. The number of rotatable bonds is 6. The maximum atomic E-state index is 12.5. The predicted molar refractivity (Wildman–Crippen MR) is 108 cm³/mol. The van der Waals surface area contributed by atoms with Crippen LogP contribution in [0, 0.1) is 20.8 Å². The van der Waals surface area contributed by atoms with Gasteiger partial charge in [0.1, 0.15) is 17.3 Å². The van der Waals surface area contributed by atoms with Crippen molar-refractivity contribution in [3.8, 4) is 0 Å². The van der Waals surface area contributed by atoms with Crippen LogP contribution >= 0.6 is 0 Å². The second-order valence-electron chi connectivity index (χ2n) is 6.62. The standard InChI is InChI=1S/C22H24N4O/c1-15-9-10-16(2)19(13-15)26-21-14-20(24-17(3)25-21)22(27)23-12-11-18-7-5-4-6-8-18/h4-10,13-14H,11-12H2,1-3H3,(H,23,27)(H,24,25,26). The van der Waals surface area contributed by atoms with Crippen LogP contribution < -0.4 is 10.6 Å². The molecule has 0 saturated carbocycles. The molecule has 0 saturated heterocycles. The first kappa shape index (κ1) is 18.6. The van der Waals surface area contributed by atoms with Gasteiger partial charge in [0, 0.05) is 18.3 Å². The lowest BCUT2D eigenvalue weighted by molar-refractivity contribution is 0.0949. The number of nitrogens with zero attached hydrogens (tertiary/aromatic N) is 2. The normalized spacial score (nSPS) is 10.5. The fourth-order valence-corrected chi connectivity index (χ4v) is 2.81. The van der Waals surface area contributed by atoms with Crippen LogP contribution in [0.4, 0.5) is 11.5 Å². The molecule has 1 amide bonds. The topological polar surface area (TPSA) is 66.9 Å². The summed E-state index contributed by atoms with van der Waals surface area (Å²) in [4.78, 5) is 21.2. The van der Waals surface area contributed by atoms with E-state index in [-0.39, 0.29) is 5.91 Å². The number of aromatic nitrogens is 2. The molecule has 1 heterocycles. The van der Waals surface area contributed by atoms with E-state index in [0.717, 1.165) is 23.2 Å². The molecule has 0 unspecified atom stereocenters. The zero-order valence-electron chi connectivity index (χ0n) is 15.9. The summed E-state index contributed by atoms with van der Waals surface area (Å²) in [5.74, 6) is 0.975. The highest BCUT2D eigenvalue weighted by Gasteiger charge is 2.11. The Labute approximate surface area is 159 Å². The zero-order valence-corrected chi connectivity index (χ0v) is 15.9. The van der Waals surface area contributed by atoms with Crippen LogP contribution in [0.3, 0.4) is 0 Å². The van der Waals surface area contributed by atoms with Crippen LogP contribution in [0.15, 0.2) is 54.6 Å². The Morgan fingerprint density at radius 3 is 2.52 bits per heavy atom. The highest BCUT2D eigenvalue weighted by molar-refractivity contribution is 5.93. The lowest BCUT2D eigenvalue weighted by Gasteiger charge is -2.12. The highest BCUT2D eigenvalue weighted by atomic mass is 16.1. The van der Waals surface area contributed by atoms with E-state index in [4.69, 9.17) is 0 Å². The lowest BCUT2D eigenvalue weighted by Crippen LogP contribution is -2.27. The Hall–Kier alpha value is -3.21. The van der Waals surface area contributed by atoms with Gasteiger partial charge in [0.15, 0.2) is 0 Å². The van der Waals surface area contributed by atoms with Crippen molar-refractivity contribution in [3.63, 3.8) is 0 Å². The van der Waals surface area contributed by atoms with E-state index < -0.39 is 0 Å². The molecule has 3 aromatic rings. The maximum Gasteiger partial charge on any atom is 0.270 e. The molecule has 27 heavy (non-hydrogen) atoms. The van der Waals surface area contributed by atoms with Crippen LogP contribution in [-0.2, 0) is 6.42 Å². The summed E-state index contributed by atoms with van der Waals surface area (Å²) in [6.07, 6.45) is 0.782. The van der Waals surface area contributed by atoms with E-state index >= 15 is 0 Å². The van der Waals surface area contributed by atoms with Crippen molar-refractivity contribution in [1.82, 2.24) is 15.3 Å². The first-order chi connectivity index (χ1) is 13.0. The largest absolute Gasteiger partial charge is 0.350 e. The van der Waals surface area contributed by atoms with Crippen LogP contribution in [-0.4, -0.2) is 22.4 Å². The van der Waals surface area contributed by atoms with Crippen LogP contribution in [0.25, 0.3) is 0 Å². The number of benzene rings is 2. The SMILES string of the molecule is Cc1ccc(C)c(Nc2cc(C(=O)NCCc3ccccc3)nc(C)n2)c1. The molecule has 0 atom stereocenters. The number of hydrogen-bond donors (Lipinski definition) is 2. The molecule has 5 heteroatoms. The van der Waals surface area contributed by atoms with E-state index in [0.29, 0.717) is 23.9 Å². The fourth-order valence-electron chi connectivity index (χ4n) is 2.81. The molecule has 1 aromatic heterocycles. The average Bonchev–Trinajstić information content (AvgIpc) is 2.65. The molecule has 0 bridgehead atoms. The lowest BCUT2D eigenvalue weighted by atomic mass is 10.1. The van der Waals surface area contributed by atoms with Gasteiger partial charge in [-0.2, -0.15) is 0 Å². The molecule has 0 aliphatic carbocycles. The summed E-state index contributed by atoms with van der Waals surface area (Å²) < 4.78 is 0. The summed E-state index contributed by atoms with van der Waals surface area (Å²) in [5, 5.41) is 6.23. The van der Waals surface area contributed by atoms with Crippen molar-refractivity contribution in [2.75, 3.05) is 11.9 Å². The maximum absolute atomic E-state index is 12.5. The number of hydrogen-bond acceptors (Lipinski definition) is 4. The minimum absolute atomic E-state index is 0.194. The second-order valence-corrected chi connectivity index (χ2v) is 6.62. The van der Waals surface area contributed by atoms with Gasteiger partial charge in [-0.3, -0.25) is 4.79 Å². The van der Waals surface area contributed by atoms with Crippen molar-refractivity contribution in [2.24, 2.45) is 0 Å². The quantitative estimate of drug-likeness (QED) is 0.694. The summed E-state index contributed by atoms with van der Waals surface area (Å²) >= 11 is 0. The summed E-state index contributed by atoms with van der Waals surface area (Å²) in [6.45, 7) is 6.43. The van der Waals surface area contributed by atoms with Gasteiger partial charge in [0.2, 0.25) is 0 Å². The molecule has 3 rings (SSSR count). The number of nitrogens with one attached hydrogen (secondary N) is 2. The Kier molecular flexibility index (Phi) is 5.81. The molecule has 0 aliphatic heterocycles. The van der Waals surface area contributed by atoms with E-state index in [1.807, 2.05) is 44.2 Å². The third-order valence-electron chi connectivity index (χ3n) is 4.27. The van der Waals surface area contributed by atoms with Gasteiger partial charge in [0.05, 0.1) is 0 Å². The van der Waals surface area contributed by atoms with Crippen LogP contribution in [0.5, 0.6) is 0 Å². The summed E-state index contributed by atoms with van der Waals surface area (Å²) in [6, 6.07) is 17.9. The van der Waals surface area contributed by atoms with E-state index in [2.05, 4.69) is 38.8 Å². The van der Waals surface area contributed by atoms with Crippen molar-refractivity contribution in [2.45, 2.75) is 27.2 Å². The van der Waals surface area contributed by atoms with Gasteiger partial charge in [-0.15, -0.1) is 0 Å². The van der Waals surface area contributed by atoms with Gasteiger partial charge in [-0.05, 0) is 49.9 Å². The number of carbonyl (C=O) groups excluding carboxylic acids is 1. The average molecular weight is 360 g/mol. The molecule has 0 spiro atoms. The zero-order chi connectivity index (χ0) is 19.2. The summed E-state index contributed by atoms with van der Waals surface area (Å²) in [7, 11) is 0. The van der Waals surface area contributed by atoms with Crippen LogP contribution in [0.1, 0.15) is 33.0 Å². The third-order valence-corrected chi connectivity index (χ3v) is 4.27. The minimum Gasteiger partial charge on any atom is -0.350 e. The number of amides is 1. The molecule has 2 aromatic carbocycles. The highest BCUT2D eigenvalue weighted by Crippen LogP contribution is 2.21. The van der Waals surface area contributed by atoms with E-state index in [1.54, 1.807) is 13.0 Å². The second kappa shape index (κ2) is 8.45. The van der Waals surface area contributed by atoms with Gasteiger partial charge in [-0.25, -0.2) is 9.97 Å². The molecule has 0 fully saturated rings. The molecule has 5 nitrogen and oxygen atoms in total. The number of anilines is 2. The van der Waals surface area contributed by atoms with Crippen LogP contribution in [0.2, 0.25) is 0 Å². The molecule has 0 aliphatic rings. The van der Waals surface area contributed by atoms with Gasteiger partial charge in [-0.1, -0.05) is 42.5 Å². The van der Waals surface area contributed by atoms with Gasteiger partial charge >= 0.3 is 0 Å². The number of aryl methyl sites for hydroxylation is 3. The Morgan fingerprint density at radius 2 is 1.74 bits per heavy atom. The third kappa shape index (κ3) is 5.14. The molecular weight excluding hydrogens is 336 g/mol.